The fraction of sp³-hybridized carbons (Fsp3) is 0.727. The van der Waals surface area contributed by atoms with Gasteiger partial charge in [-0.25, -0.2) is 0 Å². The number of nitrogens with zero attached hydrogens (tertiary/aromatic N) is 3. The van der Waals surface area contributed by atoms with Crippen molar-refractivity contribution in [1.82, 2.24) is 14.8 Å². The van der Waals surface area contributed by atoms with E-state index >= 15 is 0 Å². The fourth-order valence-electron chi connectivity index (χ4n) is 5.32. The third kappa shape index (κ3) is 3.90. The quantitative estimate of drug-likeness (QED) is 0.671. The minimum Gasteiger partial charge on any atom is -0.490 e. The van der Waals surface area contributed by atoms with Gasteiger partial charge in [0.25, 0.3) is 0 Å². The number of aromatic nitrogens is 1. The van der Waals surface area contributed by atoms with Gasteiger partial charge in [-0.1, -0.05) is 6.92 Å². The lowest BCUT2D eigenvalue weighted by molar-refractivity contribution is -0.144. The van der Waals surface area contributed by atoms with Crippen molar-refractivity contribution < 1.29 is 14.3 Å². The predicted octanol–water partition coefficient (Wildman–Crippen LogP) is 2.64. The first-order valence-corrected chi connectivity index (χ1v) is 10.7. The Kier molecular flexibility index (Phi) is 5.61. The van der Waals surface area contributed by atoms with Crippen molar-refractivity contribution in [3.05, 3.63) is 23.5 Å². The number of esters is 1. The molecule has 1 saturated carbocycles. The predicted molar refractivity (Wildman–Crippen MR) is 107 cm³/mol. The molecule has 3 aliphatic rings. The van der Waals surface area contributed by atoms with Crippen molar-refractivity contribution in [3.8, 4) is 5.75 Å². The molecule has 1 spiro atoms. The maximum absolute atomic E-state index is 12.0. The van der Waals surface area contributed by atoms with Gasteiger partial charge in [-0.05, 0) is 39.3 Å². The van der Waals surface area contributed by atoms with Crippen LogP contribution in [0.5, 0.6) is 5.75 Å². The van der Waals surface area contributed by atoms with Crippen molar-refractivity contribution in [2.75, 3.05) is 33.3 Å². The lowest BCUT2D eigenvalue weighted by Gasteiger charge is -2.57. The molecule has 0 radical (unpaired) electrons. The summed E-state index contributed by atoms with van der Waals surface area (Å²) in [6.45, 7) is 8.60. The largest absolute Gasteiger partial charge is 0.490 e. The van der Waals surface area contributed by atoms with E-state index in [0.29, 0.717) is 24.5 Å². The number of pyridine rings is 1. The standard InChI is InChI=1S/C22H33N3O3/c1-4-16(10-21(26)27-5-2)25-9-7-19-18(13-25)20(6-8-23-19)28-17-11-22(12-17)14-24(3)15-22/h6,8,16-17H,4-5,7,9-15H2,1-3H3. The molecular weight excluding hydrogens is 354 g/mol. The van der Waals surface area contributed by atoms with Crippen LogP contribution in [0.2, 0.25) is 0 Å². The maximum Gasteiger partial charge on any atom is 0.307 e. The van der Waals surface area contributed by atoms with Crippen LogP contribution in [0.3, 0.4) is 0 Å². The van der Waals surface area contributed by atoms with Gasteiger partial charge in [0.05, 0.1) is 19.1 Å². The molecule has 154 valence electrons. The molecule has 1 aromatic rings. The molecule has 1 saturated heterocycles. The first-order valence-electron chi connectivity index (χ1n) is 10.7. The monoisotopic (exact) mass is 387 g/mol. The van der Waals surface area contributed by atoms with E-state index in [1.54, 1.807) is 0 Å². The van der Waals surface area contributed by atoms with Crippen LogP contribution >= 0.6 is 0 Å². The van der Waals surface area contributed by atoms with Crippen LogP contribution in [-0.2, 0) is 22.5 Å². The summed E-state index contributed by atoms with van der Waals surface area (Å²) in [6.07, 6.45) is 6.84. The van der Waals surface area contributed by atoms with Crippen LogP contribution in [-0.4, -0.2) is 66.2 Å². The number of carbonyl (C=O) groups excluding carboxylic acids is 1. The van der Waals surface area contributed by atoms with Crippen molar-refractivity contribution in [3.63, 3.8) is 0 Å². The van der Waals surface area contributed by atoms with Gasteiger partial charge in [-0.15, -0.1) is 0 Å². The molecule has 1 unspecified atom stereocenters. The maximum atomic E-state index is 12.0. The average molecular weight is 388 g/mol. The number of hydrogen-bond acceptors (Lipinski definition) is 6. The first-order chi connectivity index (χ1) is 13.5. The fourth-order valence-corrected chi connectivity index (χ4v) is 5.32. The molecule has 0 bridgehead atoms. The lowest BCUT2D eigenvalue weighted by Crippen LogP contribution is -2.63. The zero-order valence-electron chi connectivity index (χ0n) is 17.4. The number of likely N-dealkylation sites (tertiary alicyclic amines) is 1. The molecule has 2 aliphatic heterocycles. The molecule has 0 N–H and O–H groups in total. The summed E-state index contributed by atoms with van der Waals surface area (Å²) in [4.78, 5) is 21.4. The normalized spacial score (nSPS) is 22.8. The third-order valence-electron chi connectivity index (χ3n) is 6.62. The van der Waals surface area contributed by atoms with E-state index in [4.69, 9.17) is 9.47 Å². The Morgan fingerprint density at radius 3 is 2.82 bits per heavy atom. The molecule has 1 aromatic heterocycles. The molecule has 28 heavy (non-hydrogen) atoms. The highest BCUT2D eigenvalue weighted by atomic mass is 16.5. The van der Waals surface area contributed by atoms with Crippen LogP contribution in [0.15, 0.2) is 12.3 Å². The van der Waals surface area contributed by atoms with E-state index in [9.17, 15) is 4.79 Å². The smallest absolute Gasteiger partial charge is 0.307 e. The summed E-state index contributed by atoms with van der Waals surface area (Å²) in [5.41, 5.74) is 2.88. The summed E-state index contributed by atoms with van der Waals surface area (Å²) >= 11 is 0. The van der Waals surface area contributed by atoms with Crippen LogP contribution < -0.4 is 4.74 Å². The second-order valence-electron chi connectivity index (χ2n) is 8.85. The Labute approximate surface area is 168 Å². The minimum absolute atomic E-state index is 0.104. The Morgan fingerprint density at radius 1 is 1.36 bits per heavy atom. The van der Waals surface area contributed by atoms with E-state index in [-0.39, 0.29) is 12.0 Å². The van der Waals surface area contributed by atoms with Crippen molar-refractivity contribution in [1.29, 1.82) is 0 Å². The topological polar surface area (TPSA) is 54.9 Å². The molecule has 0 aromatic carbocycles. The van der Waals surface area contributed by atoms with E-state index in [0.717, 1.165) is 37.4 Å². The van der Waals surface area contributed by atoms with Crippen LogP contribution in [0.4, 0.5) is 0 Å². The van der Waals surface area contributed by atoms with E-state index < -0.39 is 0 Å². The summed E-state index contributed by atoms with van der Waals surface area (Å²) in [5, 5.41) is 0. The molecule has 1 atom stereocenters. The van der Waals surface area contributed by atoms with E-state index in [1.807, 2.05) is 19.2 Å². The Balaban J connectivity index is 1.40. The highest BCUT2D eigenvalue weighted by Crippen LogP contribution is 2.49. The van der Waals surface area contributed by atoms with Crippen LogP contribution in [0, 0.1) is 5.41 Å². The second kappa shape index (κ2) is 7.99. The molecule has 4 rings (SSSR count). The third-order valence-corrected chi connectivity index (χ3v) is 6.62. The van der Waals surface area contributed by atoms with Gasteiger partial charge in [0, 0.05) is 61.5 Å². The Hall–Kier alpha value is -1.66. The minimum atomic E-state index is -0.104. The summed E-state index contributed by atoms with van der Waals surface area (Å²) < 4.78 is 11.6. The van der Waals surface area contributed by atoms with Gasteiger partial charge < -0.3 is 14.4 Å². The average Bonchev–Trinajstić information content (AvgIpc) is 2.63. The van der Waals surface area contributed by atoms with Gasteiger partial charge in [0.15, 0.2) is 0 Å². The van der Waals surface area contributed by atoms with Gasteiger partial charge in [0.2, 0.25) is 0 Å². The molecule has 2 fully saturated rings. The van der Waals surface area contributed by atoms with E-state index in [2.05, 4.69) is 28.8 Å². The second-order valence-corrected chi connectivity index (χ2v) is 8.85. The van der Waals surface area contributed by atoms with Gasteiger partial charge in [-0.3, -0.25) is 14.7 Å². The molecule has 6 nitrogen and oxygen atoms in total. The summed E-state index contributed by atoms with van der Waals surface area (Å²) in [6, 6.07) is 2.23. The van der Waals surface area contributed by atoms with Crippen molar-refractivity contribution in [2.45, 2.75) is 64.6 Å². The number of ether oxygens (including phenoxy) is 2. The van der Waals surface area contributed by atoms with Crippen molar-refractivity contribution in [2.24, 2.45) is 5.41 Å². The molecule has 1 aliphatic carbocycles. The van der Waals surface area contributed by atoms with Gasteiger partial charge in [-0.2, -0.15) is 0 Å². The molecule has 3 heterocycles. The Morgan fingerprint density at radius 2 is 2.14 bits per heavy atom. The number of fused-ring (bicyclic) bond motifs is 1. The lowest BCUT2D eigenvalue weighted by atomic mass is 9.62. The highest BCUT2D eigenvalue weighted by molar-refractivity contribution is 5.70. The van der Waals surface area contributed by atoms with E-state index in [1.165, 1.54) is 31.5 Å². The SMILES string of the molecule is CCOC(=O)CC(CC)N1CCc2nccc(OC3CC4(C3)CN(C)C4)c2C1. The van der Waals surface area contributed by atoms with Gasteiger partial charge >= 0.3 is 5.97 Å². The molecule has 6 heteroatoms. The van der Waals surface area contributed by atoms with Crippen LogP contribution in [0.25, 0.3) is 0 Å². The van der Waals surface area contributed by atoms with Crippen LogP contribution in [0.1, 0.15) is 50.8 Å². The Bertz CT molecular complexity index is 709. The van der Waals surface area contributed by atoms with Gasteiger partial charge in [0.1, 0.15) is 5.75 Å². The summed E-state index contributed by atoms with van der Waals surface area (Å²) in [5.74, 6) is 0.890. The highest BCUT2D eigenvalue weighted by Gasteiger charge is 2.52. The molecular formula is C22H33N3O3. The number of rotatable bonds is 7. The zero-order valence-corrected chi connectivity index (χ0v) is 17.4. The molecule has 0 amide bonds. The number of hydrogen-bond donors (Lipinski definition) is 0. The van der Waals surface area contributed by atoms with Crippen molar-refractivity contribution >= 4 is 5.97 Å². The summed E-state index contributed by atoms with van der Waals surface area (Å²) in [7, 11) is 2.19. The first kappa shape index (κ1) is 19.6. The zero-order chi connectivity index (χ0) is 19.7. The number of carbonyl (C=O) groups is 1.